The molecule has 0 radical (unpaired) electrons. The summed E-state index contributed by atoms with van der Waals surface area (Å²) in [5.74, 6) is 1.00. The number of nitro benzene ring substituents is 1. The van der Waals surface area contributed by atoms with Crippen molar-refractivity contribution in [2.45, 2.75) is 19.5 Å². The molecule has 4 rings (SSSR count). The molecule has 0 spiro atoms. The standard InChI is InChI=1S/C25H28ClN5O5/c1-35-23-5-3-2-4-18(23)8-9-27-25(32)22-17-36-24(28-22)16-30-12-10-29(11-13-30)15-19-14-20(31(33)34)6-7-21(19)26/h2-7,14,17H,8-13,15-16H2,1H3,(H,27,32). The van der Waals surface area contributed by atoms with E-state index in [2.05, 4.69) is 20.1 Å². The number of hydrogen-bond donors (Lipinski definition) is 1. The second-order valence-corrected chi connectivity index (χ2v) is 8.94. The Hall–Kier alpha value is -3.47. The Morgan fingerprint density at radius 1 is 1.14 bits per heavy atom. The zero-order valence-electron chi connectivity index (χ0n) is 20.0. The predicted octanol–water partition coefficient (Wildman–Crippen LogP) is 3.54. The highest BCUT2D eigenvalue weighted by Gasteiger charge is 2.21. The van der Waals surface area contributed by atoms with E-state index in [1.807, 2.05) is 24.3 Å². The maximum Gasteiger partial charge on any atom is 0.273 e. The van der Waals surface area contributed by atoms with Crippen LogP contribution in [0.15, 0.2) is 53.1 Å². The summed E-state index contributed by atoms with van der Waals surface area (Å²) in [5.41, 5.74) is 2.06. The molecule has 0 unspecified atom stereocenters. The molecule has 3 aromatic rings. The number of benzene rings is 2. The predicted molar refractivity (Wildman–Crippen MR) is 134 cm³/mol. The maximum atomic E-state index is 12.5. The molecule has 1 amide bonds. The lowest BCUT2D eigenvalue weighted by Gasteiger charge is -2.34. The van der Waals surface area contributed by atoms with Gasteiger partial charge in [-0.05, 0) is 29.7 Å². The summed E-state index contributed by atoms with van der Waals surface area (Å²) in [6, 6.07) is 12.2. The molecule has 1 aliphatic heterocycles. The Bertz CT molecular complexity index is 1210. The van der Waals surface area contributed by atoms with Crippen LogP contribution in [-0.4, -0.2) is 65.4 Å². The first-order chi connectivity index (χ1) is 17.4. The van der Waals surface area contributed by atoms with Gasteiger partial charge >= 0.3 is 0 Å². The van der Waals surface area contributed by atoms with Gasteiger partial charge in [-0.1, -0.05) is 29.8 Å². The number of para-hydroxylation sites is 1. The normalized spacial score (nSPS) is 14.5. The highest BCUT2D eigenvalue weighted by Crippen LogP contribution is 2.24. The minimum Gasteiger partial charge on any atom is -0.496 e. The van der Waals surface area contributed by atoms with Crippen LogP contribution in [0.3, 0.4) is 0 Å². The first-order valence-electron chi connectivity index (χ1n) is 11.6. The van der Waals surface area contributed by atoms with Gasteiger partial charge in [-0.3, -0.25) is 24.7 Å². The van der Waals surface area contributed by atoms with E-state index in [1.165, 1.54) is 18.4 Å². The quantitative estimate of drug-likeness (QED) is 0.323. The Balaban J connectivity index is 1.22. The number of oxazole rings is 1. The average Bonchev–Trinajstić information content (AvgIpc) is 3.35. The van der Waals surface area contributed by atoms with E-state index in [9.17, 15) is 14.9 Å². The third-order valence-electron chi connectivity index (χ3n) is 6.11. The minimum atomic E-state index is -0.414. The van der Waals surface area contributed by atoms with Crippen molar-refractivity contribution in [1.82, 2.24) is 20.1 Å². The van der Waals surface area contributed by atoms with Crippen molar-refractivity contribution in [2.24, 2.45) is 0 Å². The first-order valence-corrected chi connectivity index (χ1v) is 12.0. The molecular formula is C25H28ClN5O5. The third-order valence-corrected chi connectivity index (χ3v) is 6.48. The van der Waals surface area contributed by atoms with Crippen molar-refractivity contribution in [2.75, 3.05) is 39.8 Å². The summed E-state index contributed by atoms with van der Waals surface area (Å²) in [4.78, 5) is 31.9. The topological polar surface area (TPSA) is 114 Å². The summed E-state index contributed by atoms with van der Waals surface area (Å²) < 4.78 is 10.9. The smallest absolute Gasteiger partial charge is 0.273 e. The maximum absolute atomic E-state index is 12.5. The van der Waals surface area contributed by atoms with Crippen LogP contribution < -0.4 is 10.1 Å². The van der Waals surface area contributed by atoms with Crippen LogP contribution >= 0.6 is 11.6 Å². The Morgan fingerprint density at radius 2 is 1.86 bits per heavy atom. The number of nitrogens with zero attached hydrogens (tertiary/aromatic N) is 4. The fourth-order valence-corrected chi connectivity index (χ4v) is 4.31. The van der Waals surface area contributed by atoms with E-state index < -0.39 is 4.92 Å². The Kier molecular flexibility index (Phi) is 8.52. The van der Waals surface area contributed by atoms with E-state index in [0.717, 1.165) is 43.1 Å². The zero-order chi connectivity index (χ0) is 25.5. The van der Waals surface area contributed by atoms with Gasteiger partial charge in [0, 0.05) is 56.4 Å². The fraction of sp³-hybridized carbons (Fsp3) is 0.360. The number of carbonyl (C=O) groups is 1. The number of carbonyl (C=O) groups excluding carboxylic acids is 1. The van der Waals surface area contributed by atoms with Crippen LogP contribution in [-0.2, 0) is 19.5 Å². The molecule has 2 heterocycles. The van der Waals surface area contributed by atoms with E-state index >= 15 is 0 Å². The number of aromatic nitrogens is 1. The second kappa shape index (κ2) is 12.0. The lowest BCUT2D eigenvalue weighted by Crippen LogP contribution is -2.45. The number of rotatable bonds is 10. The van der Waals surface area contributed by atoms with E-state index in [4.69, 9.17) is 20.8 Å². The van der Waals surface area contributed by atoms with Crippen molar-refractivity contribution in [3.8, 4) is 5.75 Å². The summed E-state index contributed by atoms with van der Waals surface area (Å²) in [5, 5.41) is 14.4. The molecule has 11 heteroatoms. The van der Waals surface area contributed by atoms with Crippen molar-refractivity contribution >= 4 is 23.2 Å². The van der Waals surface area contributed by atoms with E-state index in [0.29, 0.717) is 37.0 Å². The van der Waals surface area contributed by atoms with E-state index in [-0.39, 0.29) is 17.3 Å². The van der Waals surface area contributed by atoms with Gasteiger partial charge in [-0.25, -0.2) is 4.98 Å². The highest BCUT2D eigenvalue weighted by molar-refractivity contribution is 6.31. The molecule has 2 aromatic carbocycles. The Morgan fingerprint density at radius 3 is 2.58 bits per heavy atom. The number of ether oxygens (including phenoxy) is 1. The van der Waals surface area contributed by atoms with Gasteiger partial charge in [0.15, 0.2) is 5.69 Å². The summed E-state index contributed by atoms with van der Waals surface area (Å²) in [6.45, 7) is 4.60. The molecule has 190 valence electrons. The number of non-ortho nitro benzene ring substituents is 1. The van der Waals surface area contributed by atoms with Crippen molar-refractivity contribution in [3.63, 3.8) is 0 Å². The van der Waals surface area contributed by atoms with Gasteiger partial charge in [-0.2, -0.15) is 0 Å². The molecular weight excluding hydrogens is 486 g/mol. The molecule has 1 N–H and O–H groups in total. The molecule has 0 bridgehead atoms. The highest BCUT2D eigenvalue weighted by atomic mass is 35.5. The molecule has 0 atom stereocenters. The zero-order valence-corrected chi connectivity index (χ0v) is 20.7. The van der Waals surface area contributed by atoms with Gasteiger partial charge in [0.1, 0.15) is 12.0 Å². The van der Waals surface area contributed by atoms with Crippen molar-refractivity contribution in [1.29, 1.82) is 0 Å². The van der Waals surface area contributed by atoms with Gasteiger partial charge in [-0.15, -0.1) is 0 Å². The SMILES string of the molecule is COc1ccccc1CCNC(=O)c1coc(CN2CCN(Cc3cc([N+](=O)[O-])ccc3Cl)CC2)n1. The van der Waals surface area contributed by atoms with Gasteiger partial charge in [0.2, 0.25) is 5.89 Å². The number of halogens is 1. The van der Waals surface area contributed by atoms with Gasteiger partial charge in [0.25, 0.3) is 11.6 Å². The minimum absolute atomic E-state index is 0.0385. The molecule has 0 aliphatic carbocycles. The van der Waals surface area contributed by atoms with Gasteiger partial charge < -0.3 is 14.5 Å². The first kappa shape index (κ1) is 25.6. The monoisotopic (exact) mass is 513 g/mol. The summed E-state index contributed by atoms with van der Waals surface area (Å²) >= 11 is 6.24. The molecule has 10 nitrogen and oxygen atoms in total. The molecule has 1 aromatic heterocycles. The van der Waals surface area contributed by atoms with E-state index in [1.54, 1.807) is 13.2 Å². The molecule has 1 saturated heterocycles. The number of hydrogen-bond acceptors (Lipinski definition) is 8. The third kappa shape index (κ3) is 6.60. The average molecular weight is 514 g/mol. The number of nitro groups is 1. The van der Waals surface area contributed by atoms with Crippen LogP contribution in [0.25, 0.3) is 0 Å². The number of methoxy groups -OCH3 is 1. The Labute approximate surface area is 214 Å². The number of piperazine rings is 1. The molecule has 36 heavy (non-hydrogen) atoms. The van der Waals surface area contributed by atoms with Crippen molar-refractivity contribution < 1.29 is 18.9 Å². The molecule has 1 fully saturated rings. The van der Waals surface area contributed by atoms with Crippen LogP contribution in [0.2, 0.25) is 5.02 Å². The number of amides is 1. The summed E-state index contributed by atoms with van der Waals surface area (Å²) in [7, 11) is 1.63. The fourth-order valence-electron chi connectivity index (χ4n) is 4.13. The second-order valence-electron chi connectivity index (χ2n) is 8.53. The van der Waals surface area contributed by atoms with Crippen LogP contribution in [0.5, 0.6) is 5.75 Å². The number of nitrogens with one attached hydrogen (secondary N) is 1. The molecule has 1 aliphatic rings. The molecule has 0 saturated carbocycles. The van der Waals surface area contributed by atoms with Crippen molar-refractivity contribution in [3.05, 3.63) is 86.6 Å². The van der Waals surface area contributed by atoms with Crippen LogP contribution in [0.1, 0.15) is 27.5 Å². The van der Waals surface area contributed by atoms with Gasteiger partial charge in [0.05, 0.1) is 18.6 Å². The van der Waals surface area contributed by atoms with Crippen LogP contribution in [0.4, 0.5) is 5.69 Å². The summed E-state index contributed by atoms with van der Waals surface area (Å²) in [6.07, 6.45) is 2.03. The largest absolute Gasteiger partial charge is 0.496 e. The lowest BCUT2D eigenvalue weighted by atomic mass is 10.1. The lowest BCUT2D eigenvalue weighted by molar-refractivity contribution is -0.384. The van der Waals surface area contributed by atoms with Crippen LogP contribution in [0, 0.1) is 10.1 Å².